The van der Waals surface area contributed by atoms with Gasteiger partial charge in [0.25, 0.3) is 0 Å². The largest absolute Gasteiger partial charge is 0.361 e. The Hall–Kier alpha value is -2.52. The van der Waals surface area contributed by atoms with Crippen LogP contribution in [0.2, 0.25) is 0 Å². The van der Waals surface area contributed by atoms with Gasteiger partial charge in [-0.3, -0.25) is 0 Å². The number of anilines is 1. The Morgan fingerprint density at radius 2 is 1.69 bits per heavy atom. The summed E-state index contributed by atoms with van der Waals surface area (Å²) in [7, 11) is 0. The van der Waals surface area contributed by atoms with E-state index in [9.17, 15) is 0 Å². The minimum atomic E-state index is 0.213. The molecule has 4 aromatic rings. The molecule has 128 valence electrons. The molecule has 1 unspecified atom stereocenters. The van der Waals surface area contributed by atoms with Crippen molar-refractivity contribution in [3.05, 3.63) is 100 Å². The van der Waals surface area contributed by atoms with E-state index >= 15 is 0 Å². The highest BCUT2D eigenvalue weighted by Gasteiger charge is 2.30. The number of nitrogens with zero attached hydrogens (tertiary/aromatic N) is 1. The average molecular weight is 403 g/mol. The van der Waals surface area contributed by atoms with E-state index in [0.717, 1.165) is 17.4 Å². The first kappa shape index (κ1) is 15.7. The molecule has 0 radical (unpaired) electrons. The van der Waals surface area contributed by atoms with Crippen LogP contribution in [0.1, 0.15) is 22.7 Å². The summed E-state index contributed by atoms with van der Waals surface area (Å²) in [6.07, 6.45) is 3.26. The van der Waals surface area contributed by atoms with E-state index in [1.54, 1.807) is 0 Å². The van der Waals surface area contributed by atoms with Crippen molar-refractivity contribution in [2.75, 3.05) is 11.4 Å². The molecule has 5 rings (SSSR count). The highest BCUT2D eigenvalue weighted by molar-refractivity contribution is 9.10. The van der Waals surface area contributed by atoms with E-state index < -0.39 is 0 Å². The average Bonchev–Trinajstić information content (AvgIpc) is 3.10. The van der Waals surface area contributed by atoms with Crippen LogP contribution >= 0.6 is 15.9 Å². The molecule has 1 atom stereocenters. The molecule has 0 saturated heterocycles. The zero-order valence-electron chi connectivity index (χ0n) is 14.3. The summed E-state index contributed by atoms with van der Waals surface area (Å²) in [5.74, 6) is 0. The molecule has 1 aliphatic rings. The quantitative estimate of drug-likeness (QED) is 0.430. The lowest BCUT2D eigenvalue weighted by atomic mass is 9.87. The SMILES string of the molecule is Brc1ccc2[nH]cc(C3c4ccccc4CCN3c3ccccc3)c2c1. The van der Waals surface area contributed by atoms with Crippen molar-refractivity contribution in [2.24, 2.45) is 0 Å². The molecular weight excluding hydrogens is 384 g/mol. The van der Waals surface area contributed by atoms with Crippen LogP contribution in [0.5, 0.6) is 0 Å². The van der Waals surface area contributed by atoms with Crippen LogP contribution < -0.4 is 4.90 Å². The minimum absolute atomic E-state index is 0.213. The van der Waals surface area contributed by atoms with Gasteiger partial charge in [0.05, 0.1) is 6.04 Å². The van der Waals surface area contributed by atoms with Gasteiger partial charge in [0.15, 0.2) is 0 Å². The van der Waals surface area contributed by atoms with Gasteiger partial charge in [0.2, 0.25) is 0 Å². The lowest BCUT2D eigenvalue weighted by molar-refractivity contribution is 0.656. The van der Waals surface area contributed by atoms with E-state index in [1.807, 2.05) is 0 Å². The van der Waals surface area contributed by atoms with Crippen molar-refractivity contribution in [3.63, 3.8) is 0 Å². The standard InChI is InChI=1S/C23H19BrN2/c24-17-10-11-22-20(14-17)21(15-25-22)23-19-9-5-4-6-16(19)12-13-26(23)18-7-2-1-3-8-18/h1-11,14-15,23,25H,12-13H2. The fraction of sp³-hybridized carbons (Fsp3) is 0.130. The first-order valence-corrected chi connectivity index (χ1v) is 9.76. The molecule has 3 aromatic carbocycles. The molecule has 0 saturated carbocycles. The number of aromatic nitrogens is 1. The van der Waals surface area contributed by atoms with Gasteiger partial charge in [-0.25, -0.2) is 0 Å². The molecule has 0 bridgehead atoms. The second kappa shape index (κ2) is 6.33. The lowest BCUT2D eigenvalue weighted by Crippen LogP contribution is -2.36. The summed E-state index contributed by atoms with van der Waals surface area (Å²) in [4.78, 5) is 6.00. The Bertz CT molecular complexity index is 1070. The molecule has 0 amide bonds. The van der Waals surface area contributed by atoms with Crippen LogP contribution in [0, 0.1) is 0 Å². The first-order valence-electron chi connectivity index (χ1n) is 8.97. The molecule has 2 nitrogen and oxygen atoms in total. The number of rotatable bonds is 2. The normalized spacial score (nSPS) is 16.7. The van der Waals surface area contributed by atoms with E-state index in [2.05, 4.69) is 105 Å². The van der Waals surface area contributed by atoms with Crippen LogP contribution in [-0.4, -0.2) is 11.5 Å². The number of hydrogen-bond donors (Lipinski definition) is 1. The summed E-state index contributed by atoms with van der Waals surface area (Å²) < 4.78 is 1.11. The van der Waals surface area contributed by atoms with Crippen molar-refractivity contribution < 1.29 is 0 Å². The molecule has 1 N–H and O–H groups in total. The zero-order chi connectivity index (χ0) is 17.5. The topological polar surface area (TPSA) is 19.0 Å². The maximum Gasteiger partial charge on any atom is 0.0819 e. The number of fused-ring (bicyclic) bond motifs is 2. The number of benzene rings is 3. The summed E-state index contributed by atoms with van der Waals surface area (Å²) >= 11 is 3.64. The highest BCUT2D eigenvalue weighted by Crippen LogP contribution is 2.41. The predicted octanol–water partition coefficient (Wildman–Crippen LogP) is 6.08. The van der Waals surface area contributed by atoms with E-state index in [-0.39, 0.29) is 6.04 Å². The maximum absolute atomic E-state index is 3.64. The predicted molar refractivity (Wildman–Crippen MR) is 112 cm³/mol. The zero-order valence-corrected chi connectivity index (χ0v) is 15.9. The number of aromatic amines is 1. The monoisotopic (exact) mass is 402 g/mol. The molecule has 26 heavy (non-hydrogen) atoms. The Morgan fingerprint density at radius 1 is 0.885 bits per heavy atom. The van der Waals surface area contributed by atoms with Crippen LogP contribution in [0.25, 0.3) is 10.9 Å². The molecule has 3 heteroatoms. The van der Waals surface area contributed by atoms with Gasteiger partial charge in [-0.05, 0) is 47.9 Å². The fourth-order valence-corrected chi connectivity index (χ4v) is 4.50. The number of para-hydroxylation sites is 1. The Morgan fingerprint density at radius 3 is 2.58 bits per heavy atom. The summed E-state index contributed by atoms with van der Waals surface area (Å²) in [5, 5.41) is 1.28. The molecule has 0 fully saturated rings. The fourth-order valence-electron chi connectivity index (χ4n) is 4.14. The number of H-pyrrole nitrogens is 1. The second-order valence-electron chi connectivity index (χ2n) is 6.81. The molecular formula is C23H19BrN2. The Labute approximate surface area is 161 Å². The lowest BCUT2D eigenvalue weighted by Gasteiger charge is -2.39. The Balaban J connectivity index is 1.74. The van der Waals surface area contributed by atoms with Gasteiger partial charge in [-0.1, -0.05) is 58.4 Å². The van der Waals surface area contributed by atoms with Gasteiger partial charge in [0.1, 0.15) is 0 Å². The van der Waals surface area contributed by atoms with Crippen LogP contribution in [0.4, 0.5) is 5.69 Å². The van der Waals surface area contributed by atoms with Gasteiger partial charge in [-0.2, -0.15) is 0 Å². The molecule has 1 aromatic heterocycles. The molecule has 0 spiro atoms. The number of nitrogens with one attached hydrogen (secondary N) is 1. The highest BCUT2D eigenvalue weighted by atomic mass is 79.9. The van der Waals surface area contributed by atoms with Gasteiger partial charge >= 0.3 is 0 Å². The number of hydrogen-bond acceptors (Lipinski definition) is 1. The summed E-state index contributed by atoms with van der Waals surface area (Å²) in [6, 6.07) is 26.3. The smallest absolute Gasteiger partial charge is 0.0819 e. The third kappa shape index (κ3) is 2.55. The Kier molecular flexibility index (Phi) is 3.83. The van der Waals surface area contributed by atoms with Crippen LogP contribution in [-0.2, 0) is 6.42 Å². The van der Waals surface area contributed by atoms with Crippen molar-refractivity contribution in [1.82, 2.24) is 4.98 Å². The summed E-state index contributed by atoms with van der Waals surface area (Å²) in [6.45, 7) is 1.02. The molecule has 2 heterocycles. The van der Waals surface area contributed by atoms with Crippen molar-refractivity contribution in [3.8, 4) is 0 Å². The van der Waals surface area contributed by atoms with Crippen LogP contribution in [0.3, 0.4) is 0 Å². The summed E-state index contributed by atoms with van der Waals surface area (Å²) in [5.41, 5.74) is 6.64. The van der Waals surface area contributed by atoms with E-state index in [0.29, 0.717) is 0 Å². The maximum atomic E-state index is 3.64. The van der Waals surface area contributed by atoms with Crippen molar-refractivity contribution >= 4 is 32.5 Å². The van der Waals surface area contributed by atoms with E-state index in [4.69, 9.17) is 0 Å². The van der Waals surface area contributed by atoms with E-state index in [1.165, 1.54) is 33.3 Å². The van der Waals surface area contributed by atoms with Crippen LogP contribution in [0.15, 0.2) is 83.5 Å². The third-order valence-corrected chi connectivity index (χ3v) is 5.83. The molecule has 1 aliphatic heterocycles. The van der Waals surface area contributed by atoms with Gasteiger partial charge < -0.3 is 9.88 Å². The second-order valence-corrected chi connectivity index (χ2v) is 7.73. The third-order valence-electron chi connectivity index (χ3n) is 5.34. The number of halogens is 1. The van der Waals surface area contributed by atoms with Gasteiger partial charge in [-0.15, -0.1) is 0 Å². The molecule has 0 aliphatic carbocycles. The van der Waals surface area contributed by atoms with Crippen molar-refractivity contribution in [1.29, 1.82) is 0 Å². The minimum Gasteiger partial charge on any atom is -0.361 e. The first-order chi connectivity index (χ1) is 12.8. The van der Waals surface area contributed by atoms with Crippen molar-refractivity contribution in [2.45, 2.75) is 12.5 Å². The van der Waals surface area contributed by atoms with Gasteiger partial charge in [0, 0.05) is 39.4 Å².